The minimum atomic E-state index is 0.751. The summed E-state index contributed by atoms with van der Waals surface area (Å²) < 4.78 is 0. The molecule has 2 aliphatic rings. The van der Waals surface area contributed by atoms with Crippen LogP contribution in [0.3, 0.4) is 0 Å². The standard InChI is InChI=1S/C18H28N2/c1-20(17-9-5-12-19-13-11-17)14-16-8-4-7-15-6-2-3-10-18(15)16/h2-3,6,10,16-17,19H,4-5,7-9,11-14H2,1H3. The van der Waals surface area contributed by atoms with Crippen LogP contribution in [0.4, 0.5) is 0 Å². The molecule has 0 bridgehead atoms. The number of nitrogens with one attached hydrogen (secondary N) is 1. The molecule has 0 spiro atoms. The van der Waals surface area contributed by atoms with Crippen molar-refractivity contribution < 1.29 is 0 Å². The first-order valence-electron chi connectivity index (χ1n) is 8.33. The van der Waals surface area contributed by atoms with Gasteiger partial charge in [-0.2, -0.15) is 0 Å². The fraction of sp³-hybridized carbons (Fsp3) is 0.667. The molecule has 1 fully saturated rings. The maximum absolute atomic E-state index is 3.52. The van der Waals surface area contributed by atoms with Crippen molar-refractivity contribution in [1.29, 1.82) is 0 Å². The largest absolute Gasteiger partial charge is 0.317 e. The molecule has 0 radical (unpaired) electrons. The van der Waals surface area contributed by atoms with Crippen LogP contribution in [0.2, 0.25) is 0 Å². The molecule has 2 atom stereocenters. The van der Waals surface area contributed by atoms with Gasteiger partial charge in [0.1, 0.15) is 0 Å². The van der Waals surface area contributed by atoms with Crippen molar-refractivity contribution in [2.75, 3.05) is 26.7 Å². The summed E-state index contributed by atoms with van der Waals surface area (Å²) >= 11 is 0. The molecule has 0 amide bonds. The summed E-state index contributed by atoms with van der Waals surface area (Å²) in [7, 11) is 2.34. The molecule has 2 heteroatoms. The topological polar surface area (TPSA) is 15.3 Å². The van der Waals surface area contributed by atoms with Gasteiger partial charge in [-0.25, -0.2) is 0 Å². The lowest BCUT2D eigenvalue weighted by atomic mass is 9.82. The van der Waals surface area contributed by atoms with E-state index in [0.717, 1.165) is 12.0 Å². The molecule has 1 aromatic rings. The first kappa shape index (κ1) is 14.1. The molecule has 1 aromatic carbocycles. The van der Waals surface area contributed by atoms with Crippen LogP contribution in [0, 0.1) is 0 Å². The molecule has 110 valence electrons. The van der Waals surface area contributed by atoms with Crippen molar-refractivity contribution in [2.24, 2.45) is 0 Å². The summed E-state index contributed by atoms with van der Waals surface area (Å²) in [6.45, 7) is 3.63. The van der Waals surface area contributed by atoms with Gasteiger partial charge in [-0.1, -0.05) is 24.3 Å². The molecule has 0 aromatic heterocycles. The highest BCUT2D eigenvalue weighted by atomic mass is 15.1. The number of benzene rings is 1. The van der Waals surface area contributed by atoms with E-state index in [1.165, 1.54) is 58.2 Å². The number of aryl methyl sites for hydroxylation is 1. The Hall–Kier alpha value is -0.860. The van der Waals surface area contributed by atoms with E-state index in [4.69, 9.17) is 0 Å². The van der Waals surface area contributed by atoms with Gasteiger partial charge in [-0.15, -0.1) is 0 Å². The van der Waals surface area contributed by atoms with Crippen LogP contribution in [0.5, 0.6) is 0 Å². The Morgan fingerprint density at radius 2 is 2.00 bits per heavy atom. The monoisotopic (exact) mass is 272 g/mol. The maximum atomic E-state index is 3.52. The molecule has 3 rings (SSSR count). The van der Waals surface area contributed by atoms with Gasteiger partial charge in [-0.3, -0.25) is 0 Å². The molecule has 1 saturated heterocycles. The van der Waals surface area contributed by atoms with E-state index in [1.807, 2.05) is 0 Å². The average molecular weight is 272 g/mol. The number of likely N-dealkylation sites (N-methyl/N-ethyl adjacent to an activating group) is 1. The van der Waals surface area contributed by atoms with Crippen molar-refractivity contribution in [3.8, 4) is 0 Å². The van der Waals surface area contributed by atoms with E-state index in [1.54, 1.807) is 11.1 Å². The molecule has 1 N–H and O–H groups in total. The summed E-state index contributed by atoms with van der Waals surface area (Å²) in [6.07, 6.45) is 8.01. The second-order valence-corrected chi connectivity index (χ2v) is 6.56. The molecule has 2 unspecified atom stereocenters. The normalized spacial score (nSPS) is 27.1. The quantitative estimate of drug-likeness (QED) is 0.909. The van der Waals surface area contributed by atoms with E-state index in [-0.39, 0.29) is 0 Å². The molecule has 1 aliphatic heterocycles. The second-order valence-electron chi connectivity index (χ2n) is 6.56. The Labute approximate surface area is 123 Å². The fourth-order valence-corrected chi connectivity index (χ4v) is 3.98. The lowest BCUT2D eigenvalue weighted by Gasteiger charge is -2.33. The Morgan fingerprint density at radius 1 is 1.10 bits per heavy atom. The van der Waals surface area contributed by atoms with Gasteiger partial charge in [0.05, 0.1) is 0 Å². The van der Waals surface area contributed by atoms with Gasteiger partial charge < -0.3 is 10.2 Å². The second kappa shape index (κ2) is 6.73. The predicted octanol–water partition coefficient (Wildman–Crippen LogP) is 3.18. The molecule has 1 aliphatic carbocycles. The smallest absolute Gasteiger partial charge is 0.0105 e. The lowest BCUT2D eigenvalue weighted by molar-refractivity contribution is 0.206. The molecular weight excluding hydrogens is 244 g/mol. The maximum Gasteiger partial charge on any atom is 0.0105 e. The predicted molar refractivity (Wildman–Crippen MR) is 85.3 cm³/mol. The van der Waals surface area contributed by atoms with E-state index < -0.39 is 0 Å². The number of hydrogen-bond donors (Lipinski definition) is 1. The molecule has 0 saturated carbocycles. The summed E-state index contributed by atoms with van der Waals surface area (Å²) in [5.41, 5.74) is 3.22. The van der Waals surface area contributed by atoms with Crippen LogP contribution in [-0.2, 0) is 6.42 Å². The van der Waals surface area contributed by atoms with Gasteiger partial charge in [0, 0.05) is 12.6 Å². The first-order chi connectivity index (χ1) is 9.84. The third-order valence-corrected chi connectivity index (χ3v) is 5.17. The van der Waals surface area contributed by atoms with Crippen LogP contribution >= 0.6 is 0 Å². The van der Waals surface area contributed by atoms with Crippen molar-refractivity contribution in [1.82, 2.24) is 10.2 Å². The summed E-state index contributed by atoms with van der Waals surface area (Å²) in [5, 5.41) is 3.52. The number of hydrogen-bond acceptors (Lipinski definition) is 2. The third kappa shape index (κ3) is 3.24. The van der Waals surface area contributed by atoms with Gasteiger partial charge in [0.2, 0.25) is 0 Å². The van der Waals surface area contributed by atoms with E-state index >= 15 is 0 Å². The van der Waals surface area contributed by atoms with Crippen LogP contribution in [0.25, 0.3) is 0 Å². The van der Waals surface area contributed by atoms with Crippen LogP contribution < -0.4 is 5.32 Å². The van der Waals surface area contributed by atoms with E-state index in [2.05, 4.69) is 41.5 Å². The van der Waals surface area contributed by atoms with Crippen molar-refractivity contribution in [2.45, 2.75) is 50.5 Å². The Kier molecular flexibility index (Phi) is 4.74. The van der Waals surface area contributed by atoms with Crippen molar-refractivity contribution >= 4 is 0 Å². The Bertz CT molecular complexity index is 421. The summed E-state index contributed by atoms with van der Waals surface area (Å²) in [4.78, 5) is 2.64. The van der Waals surface area contributed by atoms with Gasteiger partial charge in [-0.05, 0) is 75.7 Å². The van der Waals surface area contributed by atoms with Gasteiger partial charge >= 0.3 is 0 Å². The Balaban J connectivity index is 1.65. The Morgan fingerprint density at radius 3 is 2.95 bits per heavy atom. The average Bonchev–Trinajstić information content (AvgIpc) is 2.77. The molecular formula is C18H28N2. The van der Waals surface area contributed by atoms with Gasteiger partial charge in [0.15, 0.2) is 0 Å². The summed E-state index contributed by atoms with van der Waals surface area (Å²) in [6, 6.07) is 9.88. The molecule has 1 heterocycles. The lowest BCUT2D eigenvalue weighted by Crippen LogP contribution is -2.36. The highest BCUT2D eigenvalue weighted by Gasteiger charge is 2.24. The first-order valence-corrected chi connectivity index (χ1v) is 8.33. The zero-order valence-corrected chi connectivity index (χ0v) is 12.8. The molecule has 20 heavy (non-hydrogen) atoms. The highest BCUT2D eigenvalue weighted by Crippen LogP contribution is 2.32. The highest BCUT2D eigenvalue weighted by molar-refractivity contribution is 5.32. The zero-order valence-electron chi connectivity index (χ0n) is 12.8. The van der Waals surface area contributed by atoms with Crippen LogP contribution in [0.1, 0.15) is 49.1 Å². The van der Waals surface area contributed by atoms with Gasteiger partial charge in [0.25, 0.3) is 0 Å². The SMILES string of the molecule is CN(CC1CCCc2ccccc21)C1CCCNCC1. The fourth-order valence-electron chi connectivity index (χ4n) is 3.98. The van der Waals surface area contributed by atoms with Crippen LogP contribution in [-0.4, -0.2) is 37.6 Å². The number of rotatable bonds is 3. The number of nitrogens with zero attached hydrogens (tertiary/aromatic N) is 1. The van der Waals surface area contributed by atoms with E-state index in [9.17, 15) is 0 Å². The summed E-state index contributed by atoms with van der Waals surface area (Å²) in [5.74, 6) is 0.751. The van der Waals surface area contributed by atoms with E-state index in [0.29, 0.717) is 0 Å². The third-order valence-electron chi connectivity index (χ3n) is 5.17. The van der Waals surface area contributed by atoms with Crippen molar-refractivity contribution in [3.05, 3.63) is 35.4 Å². The zero-order chi connectivity index (χ0) is 13.8. The van der Waals surface area contributed by atoms with Crippen LogP contribution in [0.15, 0.2) is 24.3 Å². The number of fused-ring (bicyclic) bond motifs is 1. The molecule has 2 nitrogen and oxygen atoms in total. The minimum Gasteiger partial charge on any atom is -0.317 e. The minimum absolute atomic E-state index is 0.751. The van der Waals surface area contributed by atoms with Crippen molar-refractivity contribution in [3.63, 3.8) is 0 Å².